The van der Waals surface area contributed by atoms with Crippen molar-refractivity contribution in [3.05, 3.63) is 48.3 Å². The molecule has 1 aromatic carbocycles. The maximum atomic E-state index is 5.89. The highest BCUT2D eigenvalue weighted by Crippen LogP contribution is 2.22. The van der Waals surface area contributed by atoms with E-state index in [1.807, 2.05) is 30.3 Å². The van der Waals surface area contributed by atoms with Crippen LogP contribution in [0.15, 0.2) is 47.7 Å². The number of benzene rings is 1. The number of anilines is 2. The van der Waals surface area contributed by atoms with Gasteiger partial charge in [-0.25, -0.2) is 0 Å². The van der Waals surface area contributed by atoms with Crippen LogP contribution in [-0.2, 0) is 0 Å². The van der Waals surface area contributed by atoms with E-state index in [2.05, 4.69) is 31.4 Å². The summed E-state index contributed by atoms with van der Waals surface area (Å²) < 4.78 is 5.61. The number of nitrogen functional groups attached to an aromatic ring is 1. The number of nitrogens with two attached hydrogens (primary N) is 1. The van der Waals surface area contributed by atoms with Crippen LogP contribution in [0, 0.1) is 0 Å². The van der Waals surface area contributed by atoms with Crippen LogP contribution >= 0.6 is 12.2 Å². The van der Waals surface area contributed by atoms with Crippen molar-refractivity contribution in [2.24, 2.45) is 5.10 Å². The number of rotatable bonds is 2. The second-order valence-electron chi connectivity index (χ2n) is 6.49. The molecule has 1 aromatic heterocycles. The number of piperazine rings is 1. The van der Waals surface area contributed by atoms with Gasteiger partial charge in [0.05, 0.1) is 12.3 Å². The molecule has 8 heteroatoms. The van der Waals surface area contributed by atoms with Gasteiger partial charge in [-0.3, -0.25) is 10.4 Å². The fourth-order valence-electron chi connectivity index (χ4n) is 3.28. The third-order valence-electron chi connectivity index (χ3n) is 4.73. The van der Waals surface area contributed by atoms with Crippen molar-refractivity contribution in [3.63, 3.8) is 0 Å². The molecule has 0 bridgehead atoms. The van der Waals surface area contributed by atoms with E-state index in [0.29, 0.717) is 18.1 Å². The Balaban J connectivity index is 1.35. The van der Waals surface area contributed by atoms with Crippen LogP contribution in [0.5, 0.6) is 5.75 Å². The number of aromatic nitrogens is 1. The molecule has 3 N–H and O–H groups in total. The maximum Gasteiger partial charge on any atom is 0.189 e. The molecule has 1 saturated heterocycles. The Hall–Kier alpha value is -2.87. The van der Waals surface area contributed by atoms with E-state index in [0.717, 1.165) is 54.7 Å². The van der Waals surface area contributed by atoms with E-state index in [4.69, 9.17) is 22.7 Å². The topological polar surface area (TPSA) is 79.0 Å². The number of pyridine rings is 1. The van der Waals surface area contributed by atoms with Gasteiger partial charge in [-0.1, -0.05) is 6.07 Å². The van der Waals surface area contributed by atoms with E-state index in [1.54, 1.807) is 6.20 Å². The van der Waals surface area contributed by atoms with Crippen LogP contribution < -0.4 is 20.8 Å². The summed E-state index contributed by atoms with van der Waals surface area (Å²) >= 11 is 5.53. The fourth-order valence-corrected chi connectivity index (χ4v) is 3.51. The first kappa shape index (κ1) is 17.5. The highest BCUT2D eigenvalue weighted by atomic mass is 32.1. The smallest absolute Gasteiger partial charge is 0.189 e. The molecule has 140 valence electrons. The Labute approximate surface area is 163 Å². The van der Waals surface area contributed by atoms with Crippen molar-refractivity contribution in [3.8, 4) is 5.75 Å². The molecule has 4 rings (SSSR count). The van der Waals surface area contributed by atoms with Gasteiger partial charge in [0.2, 0.25) is 0 Å². The SMILES string of the molecule is Nc1cccc(N2CCN(C(=S)N/N=C3/CCOc4cccnc43)CC2)c1. The quantitative estimate of drug-likeness (QED) is 0.466. The molecule has 0 unspecified atom stereocenters. The van der Waals surface area contributed by atoms with Crippen molar-refractivity contribution in [2.75, 3.05) is 43.4 Å². The highest BCUT2D eigenvalue weighted by Gasteiger charge is 2.21. The van der Waals surface area contributed by atoms with Crippen LogP contribution in [0.4, 0.5) is 11.4 Å². The van der Waals surface area contributed by atoms with Gasteiger partial charge in [0.15, 0.2) is 5.11 Å². The number of hydrogen-bond donors (Lipinski definition) is 2. The lowest BCUT2D eigenvalue weighted by Crippen LogP contribution is -2.51. The van der Waals surface area contributed by atoms with E-state index in [9.17, 15) is 0 Å². The van der Waals surface area contributed by atoms with Gasteiger partial charge in [0.25, 0.3) is 0 Å². The van der Waals surface area contributed by atoms with Crippen LogP contribution in [-0.4, -0.2) is 53.5 Å². The normalized spacial score (nSPS) is 18.0. The summed E-state index contributed by atoms with van der Waals surface area (Å²) in [4.78, 5) is 8.83. The van der Waals surface area contributed by atoms with Gasteiger partial charge < -0.3 is 20.3 Å². The lowest BCUT2D eigenvalue weighted by Gasteiger charge is -2.37. The Morgan fingerprint density at radius 1 is 1.19 bits per heavy atom. The van der Waals surface area contributed by atoms with E-state index < -0.39 is 0 Å². The van der Waals surface area contributed by atoms with Gasteiger partial charge in [-0.2, -0.15) is 5.10 Å². The predicted molar refractivity (Wildman–Crippen MR) is 111 cm³/mol. The molecule has 0 atom stereocenters. The molecule has 0 aliphatic carbocycles. The minimum Gasteiger partial charge on any atom is -0.491 e. The number of ether oxygens (including phenoxy) is 1. The average Bonchev–Trinajstić information content (AvgIpc) is 2.72. The molecular formula is C19H22N6OS. The van der Waals surface area contributed by atoms with Crippen LogP contribution in [0.3, 0.4) is 0 Å². The second-order valence-corrected chi connectivity index (χ2v) is 6.88. The zero-order valence-electron chi connectivity index (χ0n) is 15.0. The first-order chi connectivity index (χ1) is 13.2. The molecule has 2 aromatic rings. The van der Waals surface area contributed by atoms with E-state index in [1.165, 1.54) is 0 Å². The van der Waals surface area contributed by atoms with E-state index in [-0.39, 0.29) is 0 Å². The van der Waals surface area contributed by atoms with Crippen LogP contribution in [0.25, 0.3) is 0 Å². The van der Waals surface area contributed by atoms with Crippen molar-refractivity contribution in [1.82, 2.24) is 15.3 Å². The predicted octanol–water partition coefficient (Wildman–Crippen LogP) is 1.85. The lowest BCUT2D eigenvalue weighted by atomic mass is 10.1. The van der Waals surface area contributed by atoms with E-state index >= 15 is 0 Å². The number of fused-ring (bicyclic) bond motifs is 1. The first-order valence-corrected chi connectivity index (χ1v) is 9.42. The van der Waals surface area contributed by atoms with Crippen molar-refractivity contribution >= 4 is 34.4 Å². The molecule has 0 saturated carbocycles. The summed E-state index contributed by atoms with van der Waals surface area (Å²) in [5.41, 5.74) is 12.5. The van der Waals surface area contributed by atoms with Gasteiger partial charge in [0, 0.05) is 50.2 Å². The summed E-state index contributed by atoms with van der Waals surface area (Å²) in [6, 6.07) is 11.8. The minimum absolute atomic E-state index is 0.602. The van der Waals surface area contributed by atoms with Crippen LogP contribution in [0.1, 0.15) is 12.1 Å². The fraction of sp³-hybridized carbons (Fsp3) is 0.316. The summed E-state index contributed by atoms with van der Waals surface area (Å²) in [6.07, 6.45) is 2.46. The Kier molecular flexibility index (Phi) is 5.06. The third kappa shape index (κ3) is 3.95. The number of hydrazone groups is 1. The zero-order valence-corrected chi connectivity index (χ0v) is 15.8. The molecule has 7 nitrogen and oxygen atoms in total. The summed E-state index contributed by atoms with van der Waals surface area (Å²) in [5.74, 6) is 0.769. The molecule has 1 fully saturated rings. The Morgan fingerprint density at radius 2 is 2.04 bits per heavy atom. The van der Waals surface area contributed by atoms with Crippen molar-refractivity contribution in [1.29, 1.82) is 0 Å². The van der Waals surface area contributed by atoms with Gasteiger partial charge in [0.1, 0.15) is 11.4 Å². The highest BCUT2D eigenvalue weighted by molar-refractivity contribution is 7.80. The monoisotopic (exact) mass is 382 g/mol. The summed E-state index contributed by atoms with van der Waals surface area (Å²) in [5, 5.41) is 5.14. The maximum absolute atomic E-state index is 5.89. The standard InChI is InChI=1S/C19H22N6OS/c20-14-3-1-4-15(13-14)24-8-10-25(11-9-24)19(27)23-22-16-6-12-26-17-5-2-7-21-18(16)17/h1-5,7,13H,6,8-12,20H2,(H,23,27)/b22-16-. The Morgan fingerprint density at radius 3 is 2.85 bits per heavy atom. The molecule has 0 radical (unpaired) electrons. The van der Waals surface area contributed by atoms with Gasteiger partial charge in [-0.15, -0.1) is 0 Å². The first-order valence-electron chi connectivity index (χ1n) is 9.01. The molecule has 0 spiro atoms. The lowest BCUT2D eigenvalue weighted by molar-refractivity contribution is 0.318. The molecule has 0 amide bonds. The minimum atomic E-state index is 0.602. The number of hydrogen-bond acceptors (Lipinski definition) is 6. The van der Waals surface area contributed by atoms with Crippen molar-refractivity contribution in [2.45, 2.75) is 6.42 Å². The molecular weight excluding hydrogens is 360 g/mol. The number of thiocarbonyl (C=S) groups is 1. The van der Waals surface area contributed by atoms with Crippen LogP contribution in [0.2, 0.25) is 0 Å². The van der Waals surface area contributed by atoms with Gasteiger partial charge in [-0.05, 0) is 42.5 Å². The molecule has 3 heterocycles. The zero-order chi connectivity index (χ0) is 18.6. The number of nitrogens with zero attached hydrogens (tertiary/aromatic N) is 4. The average molecular weight is 382 g/mol. The van der Waals surface area contributed by atoms with Gasteiger partial charge >= 0.3 is 0 Å². The molecule has 27 heavy (non-hydrogen) atoms. The summed E-state index contributed by atoms with van der Waals surface area (Å²) in [7, 11) is 0. The summed E-state index contributed by atoms with van der Waals surface area (Å²) in [6.45, 7) is 4.05. The molecule has 2 aliphatic rings. The van der Waals surface area contributed by atoms with Crippen molar-refractivity contribution < 1.29 is 4.74 Å². The second kappa shape index (κ2) is 7.79. The number of nitrogens with one attached hydrogen (secondary N) is 1. The Bertz CT molecular complexity index is 863. The largest absolute Gasteiger partial charge is 0.491 e. The molecule has 2 aliphatic heterocycles. The third-order valence-corrected chi connectivity index (χ3v) is 5.08.